The fourth-order valence-electron chi connectivity index (χ4n) is 3.04. The topological polar surface area (TPSA) is 95.8 Å². The summed E-state index contributed by atoms with van der Waals surface area (Å²) in [6.07, 6.45) is 4.82. The van der Waals surface area contributed by atoms with E-state index in [1.54, 1.807) is 15.6 Å². The standard InChI is InChI=1S/C16H19N5O3S/c1-2-15-18-16(21(19-15)12-6-9-25(22,23)11-12)14-5-4-13(24-14)10-20-8-3-7-17-20/h3-5,7-8,12H,2,6,9-11H2,1H3/t12-/m0/s1. The zero-order valence-corrected chi connectivity index (χ0v) is 14.7. The molecule has 0 saturated carbocycles. The van der Waals surface area contributed by atoms with Crippen molar-refractivity contribution < 1.29 is 12.8 Å². The maximum Gasteiger partial charge on any atom is 0.194 e. The minimum atomic E-state index is -3.00. The van der Waals surface area contributed by atoms with Crippen molar-refractivity contribution >= 4 is 9.84 Å². The molecule has 0 bridgehead atoms. The number of furan rings is 1. The van der Waals surface area contributed by atoms with Gasteiger partial charge in [-0.1, -0.05) is 6.92 Å². The third-order valence-corrected chi connectivity index (χ3v) is 6.06. The number of hydrogen-bond acceptors (Lipinski definition) is 6. The van der Waals surface area contributed by atoms with Crippen LogP contribution in [0, 0.1) is 0 Å². The van der Waals surface area contributed by atoms with Crippen LogP contribution in [0.5, 0.6) is 0 Å². The summed E-state index contributed by atoms with van der Waals surface area (Å²) >= 11 is 0. The van der Waals surface area contributed by atoms with E-state index in [0.29, 0.717) is 36.8 Å². The normalized spacial score (nSPS) is 19.5. The van der Waals surface area contributed by atoms with Gasteiger partial charge in [-0.25, -0.2) is 18.1 Å². The summed E-state index contributed by atoms with van der Waals surface area (Å²) in [5.41, 5.74) is 0. The van der Waals surface area contributed by atoms with Crippen molar-refractivity contribution in [3.8, 4) is 11.6 Å². The van der Waals surface area contributed by atoms with Gasteiger partial charge in [0.1, 0.15) is 5.76 Å². The van der Waals surface area contributed by atoms with Crippen molar-refractivity contribution in [1.82, 2.24) is 24.5 Å². The van der Waals surface area contributed by atoms with E-state index in [1.165, 1.54) is 0 Å². The van der Waals surface area contributed by atoms with Crippen LogP contribution in [0.4, 0.5) is 0 Å². The van der Waals surface area contributed by atoms with E-state index in [4.69, 9.17) is 4.42 Å². The first-order valence-corrected chi connectivity index (χ1v) is 10.1. The monoisotopic (exact) mass is 361 g/mol. The average molecular weight is 361 g/mol. The van der Waals surface area contributed by atoms with Crippen LogP contribution in [0.2, 0.25) is 0 Å². The van der Waals surface area contributed by atoms with Crippen LogP contribution in [0.3, 0.4) is 0 Å². The highest BCUT2D eigenvalue weighted by Crippen LogP contribution is 2.29. The summed E-state index contributed by atoms with van der Waals surface area (Å²) < 4.78 is 33.1. The summed E-state index contributed by atoms with van der Waals surface area (Å²) in [4.78, 5) is 4.54. The number of rotatable bonds is 5. The van der Waals surface area contributed by atoms with Crippen LogP contribution in [-0.4, -0.2) is 44.5 Å². The first-order chi connectivity index (χ1) is 12.0. The Hall–Kier alpha value is -2.42. The second-order valence-corrected chi connectivity index (χ2v) is 8.40. The molecule has 0 N–H and O–H groups in total. The second-order valence-electron chi connectivity index (χ2n) is 6.18. The summed E-state index contributed by atoms with van der Waals surface area (Å²) in [6.45, 7) is 2.50. The Balaban J connectivity index is 1.66. The van der Waals surface area contributed by atoms with E-state index in [9.17, 15) is 8.42 Å². The molecule has 4 heterocycles. The molecule has 132 valence electrons. The molecule has 3 aromatic rings. The lowest BCUT2D eigenvalue weighted by molar-refractivity contribution is 0.465. The van der Waals surface area contributed by atoms with Gasteiger partial charge in [-0.3, -0.25) is 4.68 Å². The van der Waals surface area contributed by atoms with E-state index in [-0.39, 0.29) is 17.5 Å². The Morgan fingerprint density at radius 1 is 1.36 bits per heavy atom. The van der Waals surface area contributed by atoms with Gasteiger partial charge in [0.2, 0.25) is 0 Å². The highest BCUT2D eigenvalue weighted by molar-refractivity contribution is 7.91. The summed E-state index contributed by atoms with van der Waals surface area (Å²) in [6, 6.07) is 5.40. The fourth-order valence-corrected chi connectivity index (χ4v) is 4.74. The summed E-state index contributed by atoms with van der Waals surface area (Å²) in [5.74, 6) is 2.92. The van der Waals surface area contributed by atoms with Gasteiger partial charge >= 0.3 is 0 Å². The first kappa shape index (κ1) is 16.1. The molecule has 0 aliphatic carbocycles. The number of nitrogens with zero attached hydrogens (tertiary/aromatic N) is 5. The SMILES string of the molecule is CCc1nc(-c2ccc(Cn3cccn3)o2)n([C@H]2CCS(=O)(=O)C2)n1. The highest BCUT2D eigenvalue weighted by atomic mass is 32.2. The number of aromatic nitrogens is 5. The predicted octanol–water partition coefficient (Wildman–Crippen LogP) is 1.70. The lowest BCUT2D eigenvalue weighted by Gasteiger charge is -2.10. The molecule has 1 saturated heterocycles. The third-order valence-electron chi connectivity index (χ3n) is 4.30. The molecule has 1 fully saturated rings. The van der Waals surface area contributed by atoms with Crippen LogP contribution in [0.25, 0.3) is 11.6 Å². The average Bonchev–Trinajstić information content (AvgIpc) is 3.33. The molecule has 0 amide bonds. The van der Waals surface area contributed by atoms with Crippen molar-refractivity contribution in [2.24, 2.45) is 0 Å². The Labute approximate surface area is 145 Å². The zero-order valence-electron chi connectivity index (χ0n) is 13.9. The first-order valence-electron chi connectivity index (χ1n) is 8.26. The third kappa shape index (κ3) is 3.23. The molecule has 9 heteroatoms. The molecule has 8 nitrogen and oxygen atoms in total. The molecule has 0 unspecified atom stereocenters. The van der Waals surface area contributed by atoms with Gasteiger partial charge in [-0.2, -0.15) is 10.2 Å². The minimum absolute atomic E-state index is 0.105. The van der Waals surface area contributed by atoms with E-state index < -0.39 is 9.84 Å². The molecule has 0 aromatic carbocycles. The van der Waals surface area contributed by atoms with Gasteiger partial charge in [0.15, 0.2) is 27.2 Å². The van der Waals surface area contributed by atoms with Gasteiger partial charge in [0, 0.05) is 18.8 Å². The number of aryl methyl sites for hydroxylation is 1. The van der Waals surface area contributed by atoms with Gasteiger partial charge in [-0.05, 0) is 24.6 Å². The zero-order chi connectivity index (χ0) is 17.4. The Morgan fingerprint density at radius 3 is 2.92 bits per heavy atom. The van der Waals surface area contributed by atoms with Crippen LogP contribution in [-0.2, 0) is 22.8 Å². The van der Waals surface area contributed by atoms with E-state index in [0.717, 1.165) is 5.76 Å². The van der Waals surface area contributed by atoms with Gasteiger partial charge in [0.25, 0.3) is 0 Å². The summed E-state index contributed by atoms with van der Waals surface area (Å²) in [5, 5.41) is 8.67. The Bertz CT molecular complexity index is 972. The number of sulfone groups is 1. The van der Waals surface area contributed by atoms with Crippen molar-refractivity contribution in [2.45, 2.75) is 32.4 Å². The molecule has 3 aromatic heterocycles. The Morgan fingerprint density at radius 2 is 2.24 bits per heavy atom. The molecule has 0 spiro atoms. The van der Waals surface area contributed by atoms with Gasteiger partial charge in [0.05, 0.1) is 24.1 Å². The highest BCUT2D eigenvalue weighted by Gasteiger charge is 2.32. The smallest absolute Gasteiger partial charge is 0.194 e. The van der Waals surface area contributed by atoms with Crippen LogP contribution in [0.15, 0.2) is 35.0 Å². The molecular weight excluding hydrogens is 342 g/mol. The van der Waals surface area contributed by atoms with Crippen molar-refractivity contribution in [3.05, 3.63) is 42.2 Å². The van der Waals surface area contributed by atoms with E-state index in [1.807, 2.05) is 31.3 Å². The van der Waals surface area contributed by atoms with Crippen LogP contribution in [0.1, 0.15) is 31.0 Å². The van der Waals surface area contributed by atoms with Crippen molar-refractivity contribution in [2.75, 3.05) is 11.5 Å². The largest absolute Gasteiger partial charge is 0.456 e. The van der Waals surface area contributed by atoms with E-state index >= 15 is 0 Å². The molecule has 25 heavy (non-hydrogen) atoms. The molecular formula is C16H19N5O3S. The molecule has 1 aliphatic heterocycles. The van der Waals surface area contributed by atoms with E-state index in [2.05, 4.69) is 15.2 Å². The molecule has 1 aliphatic rings. The van der Waals surface area contributed by atoms with Crippen molar-refractivity contribution in [1.29, 1.82) is 0 Å². The van der Waals surface area contributed by atoms with Crippen LogP contribution >= 0.6 is 0 Å². The molecule has 1 atom stereocenters. The predicted molar refractivity (Wildman–Crippen MR) is 90.7 cm³/mol. The van der Waals surface area contributed by atoms with Gasteiger partial charge in [-0.15, -0.1) is 0 Å². The van der Waals surface area contributed by atoms with Gasteiger partial charge < -0.3 is 4.42 Å². The summed E-state index contributed by atoms with van der Waals surface area (Å²) in [7, 11) is -3.00. The molecule has 0 radical (unpaired) electrons. The maximum absolute atomic E-state index is 11.8. The lowest BCUT2D eigenvalue weighted by Crippen LogP contribution is -2.14. The molecule has 4 rings (SSSR count). The Kier molecular flexibility index (Phi) is 3.95. The number of hydrogen-bond donors (Lipinski definition) is 0. The van der Waals surface area contributed by atoms with Crippen molar-refractivity contribution in [3.63, 3.8) is 0 Å². The minimum Gasteiger partial charge on any atom is -0.456 e. The quantitative estimate of drug-likeness (QED) is 0.686. The maximum atomic E-state index is 11.8. The van der Waals surface area contributed by atoms with Crippen LogP contribution < -0.4 is 0 Å². The fraction of sp³-hybridized carbons (Fsp3) is 0.438. The second kappa shape index (κ2) is 6.14. The lowest BCUT2D eigenvalue weighted by atomic mass is 10.2.